The maximum Gasteiger partial charge on any atom is 0.343 e. The Morgan fingerprint density at radius 3 is 2.91 bits per heavy atom. The van der Waals surface area contributed by atoms with Crippen LogP contribution < -0.4 is 5.43 Å². The van der Waals surface area contributed by atoms with Gasteiger partial charge < -0.3 is 9.84 Å². The van der Waals surface area contributed by atoms with E-state index in [4.69, 9.17) is 11.6 Å². The number of hydrogen-bond acceptors (Lipinski definition) is 5. The average molecular weight is 334 g/mol. The Morgan fingerprint density at radius 2 is 2.26 bits per heavy atom. The third kappa shape index (κ3) is 2.60. The number of fused-ring (bicyclic) bond motifs is 1. The molecule has 0 bridgehead atoms. The Labute approximate surface area is 135 Å². The predicted molar refractivity (Wildman–Crippen MR) is 82.7 cm³/mol. The largest absolute Gasteiger partial charge is 0.465 e. The van der Waals surface area contributed by atoms with Crippen molar-refractivity contribution in [2.45, 2.75) is 6.10 Å². The van der Waals surface area contributed by atoms with Gasteiger partial charge in [-0.15, -0.1) is 0 Å². The number of rotatable bonds is 3. The quantitative estimate of drug-likeness (QED) is 0.709. The molecule has 3 heterocycles. The number of ether oxygens (including phenoxy) is 1. The molecule has 2 N–H and O–H groups in total. The molecule has 1 unspecified atom stereocenters. The normalized spacial score (nSPS) is 12.3. The molecule has 3 rings (SSSR count). The Morgan fingerprint density at radius 1 is 1.48 bits per heavy atom. The van der Waals surface area contributed by atoms with E-state index < -0.39 is 17.5 Å². The van der Waals surface area contributed by atoms with Crippen molar-refractivity contribution in [3.63, 3.8) is 0 Å². The highest BCUT2D eigenvalue weighted by molar-refractivity contribution is 6.31. The number of carbonyl (C=O) groups is 1. The summed E-state index contributed by atoms with van der Waals surface area (Å²) in [6.45, 7) is 0. The van der Waals surface area contributed by atoms with Gasteiger partial charge in [-0.2, -0.15) is 0 Å². The number of aliphatic hydroxyl groups excluding tert-OH is 1. The molecule has 7 nitrogen and oxygen atoms in total. The van der Waals surface area contributed by atoms with Gasteiger partial charge in [0.1, 0.15) is 17.2 Å². The van der Waals surface area contributed by atoms with E-state index in [1.165, 1.54) is 23.0 Å². The maximum atomic E-state index is 12.6. The standard InChI is InChI=1S/C15H12ClN3O4/c1-23-15(22)11-12(13(20)9-4-2-3-5-17-9)18-19-7-8(16)6-10(19)14(11)21/h2-7,13,18,20H,1H3. The van der Waals surface area contributed by atoms with E-state index in [0.717, 1.165) is 7.11 Å². The van der Waals surface area contributed by atoms with Crippen LogP contribution >= 0.6 is 11.6 Å². The van der Waals surface area contributed by atoms with Crippen LogP contribution in [0.15, 0.2) is 41.5 Å². The fourth-order valence-electron chi connectivity index (χ4n) is 2.32. The molecule has 0 spiro atoms. The summed E-state index contributed by atoms with van der Waals surface area (Å²) in [6.07, 6.45) is 1.66. The first-order chi connectivity index (χ1) is 11.0. The summed E-state index contributed by atoms with van der Waals surface area (Å²) in [5.74, 6) is -0.851. The molecule has 1 atom stereocenters. The van der Waals surface area contributed by atoms with E-state index in [1.54, 1.807) is 18.2 Å². The van der Waals surface area contributed by atoms with Crippen LogP contribution in [0.1, 0.15) is 27.8 Å². The first-order valence-corrected chi connectivity index (χ1v) is 7.02. The zero-order valence-electron chi connectivity index (χ0n) is 12.0. The second-order valence-corrected chi connectivity index (χ2v) is 5.23. The van der Waals surface area contributed by atoms with E-state index in [1.807, 2.05) is 0 Å². The minimum Gasteiger partial charge on any atom is -0.465 e. The Balaban J connectivity index is 2.30. The molecule has 0 aliphatic carbocycles. The molecular weight excluding hydrogens is 322 g/mol. The molecule has 0 saturated carbocycles. The van der Waals surface area contributed by atoms with E-state index >= 15 is 0 Å². The number of hydrogen-bond donors (Lipinski definition) is 2. The van der Waals surface area contributed by atoms with Gasteiger partial charge >= 0.3 is 5.97 Å². The summed E-state index contributed by atoms with van der Waals surface area (Å²) in [5, 5.41) is 13.7. The molecule has 0 aliphatic heterocycles. The summed E-state index contributed by atoms with van der Waals surface area (Å²) in [6, 6.07) is 6.38. The van der Waals surface area contributed by atoms with Crippen LogP contribution in [0.5, 0.6) is 0 Å². The molecular formula is C15H12ClN3O4. The highest BCUT2D eigenvalue weighted by Gasteiger charge is 2.26. The minimum atomic E-state index is -1.30. The number of methoxy groups -OCH3 is 1. The van der Waals surface area contributed by atoms with Crippen LogP contribution in [-0.4, -0.2) is 32.8 Å². The number of carbonyl (C=O) groups excluding carboxylic acids is 1. The highest BCUT2D eigenvalue weighted by Crippen LogP contribution is 2.22. The molecule has 8 heteroatoms. The molecule has 3 aromatic heterocycles. The van der Waals surface area contributed by atoms with E-state index in [2.05, 4.69) is 14.8 Å². The van der Waals surface area contributed by atoms with Crippen LogP contribution in [0.4, 0.5) is 0 Å². The predicted octanol–water partition coefficient (Wildman–Crippen LogP) is 1.54. The van der Waals surface area contributed by atoms with Crippen molar-refractivity contribution in [3.8, 4) is 0 Å². The third-order valence-electron chi connectivity index (χ3n) is 3.39. The van der Waals surface area contributed by atoms with Crippen molar-refractivity contribution in [2.24, 2.45) is 0 Å². The zero-order chi connectivity index (χ0) is 16.6. The van der Waals surface area contributed by atoms with Crippen molar-refractivity contribution >= 4 is 23.1 Å². The van der Waals surface area contributed by atoms with Gasteiger partial charge in [0.15, 0.2) is 0 Å². The molecule has 0 saturated heterocycles. The number of esters is 1. The van der Waals surface area contributed by atoms with Crippen molar-refractivity contribution in [1.29, 1.82) is 0 Å². The van der Waals surface area contributed by atoms with Crippen molar-refractivity contribution in [2.75, 3.05) is 7.11 Å². The smallest absolute Gasteiger partial charge is 0.343 e. The van der Waals surface area contributed by atoms with Crippen LogP contribution in [0.2, 0.25) is 5.02 Å². The van der Waals surface area contributed by atoms with Crippen LogP contribution in [0.3, 0.4) is 0 Å². The number of aromatic amines is 1. The van der Waals surface area contributed by atoms with E-state index in [-0.39, 0.29) is 22.5 Å². The van der Waals surface area contributed by atoms with E-state index in [0.29, 0.717) is 5.02 Å². The molecule has 0 fully saturated rings. The van der Waals surface area contributed by atoms with Crippen LogP contribution in [0.25, 0.3) is 5.52 Å². The topological polar surface area (TPSA) is 96.7 Å². The summed E-state index contributed by atoms with van der Waals surface area (Å²) < 4.78 is 6.01. The van der Waals surface area contributed by atoms with Gasteiger partial charge in [0.05, 0.1) is 23.5 Å². The monoisotopic (exact) mass is 333 g/mol. The van der Waals surface area contributed by atoms with Gasteiger partial charge in [0.25, 0.3) is 0 Å². The number of H-pyrrole nitrogens is 1. The summed E-state index contributed by atoms with van der Waals surface area (Å²) >= 11 is 5.90. The first kappa shape index (κ1) is 15.3. The zero-order valence-corrected chi connectivity index (χ0v) is 12.7. The molecule has 0 amide bonds. The molecule has 0 radical (unpaired) electrons. The van der Waals surface area contributed by atoms with Crippen molar-refractivity contribution in [3.05, 3.63) is 68.9 Å². The van der Waals surface area contributed by atoms with Crippen LogP contribution in [0, 0.1) is 0 Å². The lowest BCUT2D eigenvalue weighted by atomic mass is 10.1. The lowest BCUT2D eigenvalue weighted by Crippen LogP contribution is -2.25. The second-order valence-electron chi connectivity index (χ2n) is 4.79. The second kappa shape index (κ2) is 5.86. The maximum absolute atomic E-state index is 12.6. The number of nitrogens with one attached hydrogen (secondary N) is 1. The van der Waals surface area contributed by atoms with Gasteiger partial charge in [-0.05, 0) is 18.2 Å². The number of aromatic nitrogens is 3. The van der Waals surface area contributed by atoms with Crippen molar-refractivity contribution < 1.29 is 14.6 Å². The average Bonchev–Trinajstić information content (AvgIpc) is 2.95. The minimum absolute atomic E-state index is 0.0136. The highest BCUT2D eigenvalue weighted by atomic mass is 35.5. The number of nitrogens with zero attached hydrogens (tertiary/aromatic N) is 2. The Bertz CT molecular complexity index is 933. The lowest BCUT2D eigenvalue weighted by Gasteiger charge is -2.14. The van der Waals surface area contributed by atoms with Gasteiger partial charge in [0, 0.05) is 12.4 Å². The number of aliphatic hydroxyl groups is 1. The molecule has 23 heavy (non-hydrogen) atoms. The summed E-state index contributed by atoms with van der Waals surface area (Å²) in [7, 11) is 1.16. The molecule has 118 valence electrons. The fourth-order valence-corrected chi connectivity index (χ4v) is 2.52. The Kier molecular flexibility index (Phi) is 3.89. The number of halogens is 1. The van der Waals surface area contributed by atoms with Crippen molar-refractivity contribution in [1.82, 2.24) is 14.6 Å². The fraction of sp³-hybridized carbons (Fsp3) is 0.133. The molecule has 0 aliphatic rings. The van der Waals surface area contributed by atoms with Gasteiger partial charge in [-0.3, -0.25) is 19.4 Å². The SMILES string of the molecule is COC(=O)c1c(C(O)c2ccccn2)[nH]n2cc(Cl)cc2c1=O. The van der Waals surface area contributed by atoms with Gasteiger partial charge in [-0.1, -0.05) is 17.7 Å². The van der Waals surface area contributed by atoms with Crippen LogP contribution in [-0.2, 0) is 4.74 Å². The molecule has 0 aromatic carbocycles. The van der Waals surface area contributed by atoms with E-state index in [9.17, 15) is 14.7 Å². The summed E-state index contributed by atoms with van der Waals surface area (Å²) in [5.41, 5.74) is -0.431. The third-order valence-corrected chi connectivity index (χ3v) is 3.59. The number of pyridine rings is 1. The lowest BCUT2D eigenvalue weighted by molar-refractivity contribution is 0.0592. The van der Waals surface area contributed by atoms with Gasteiger partial charge in [-0.25, -0.2) is 4.79 Å². The summed E-state index contributed by atoms with van der Waals surface area (Å²) in [4.78, 5) is 28.6. The molecule has 3 aromatic rings. The van der Waals surface area contributed by atoms with Gasteiger partial charge in [0.2, 0.25) is 5.43 Å². The Hall–Kier alpha value is -2.64. The first-order valence-electron chi connectivity index (χ1n) is 6.64.